The number of halogens is 1. The van der Waals surface area contributed by atoms with E-state index in [0.29, 0.717) is 28.8 Å². The van der Waals surface area contributed by atoms with Gasteiger partial charge in [0.05, 0.1) is 25.6 Å². The van der Waals surface area contributed by atoms with Crippen LogP contribution in [0.4, 0.5) is 5.82 Å². The molecule has 0 aliphatic carbocycles. The number of fused-ring (bicyclic) bond motifs is 1. The molecule has 2 heterocycles. The summed E-state index contributed by atoms with van der Waals surface area (Å²) in [6.45, 7) is 0. The molecule has 1 aromatic heterocycles. The molecule has 7 heteroatoms. The van der Waals surface area contributed by atoms with Crippen LogP contribution in [-0.2, 0) is 4.79 Å². The molecular weight excluding hydrogens is 438 g/mol. The van der Waals surface area contributed by atoms with Crippen LogP contribution in [0.1, 0.15) is 23.5 Å². The number of nitrogens with zero attached hydrogens (tertiary/aromatic N) is 2. The van der Waals surface area contributed by atoms with Gasteiger partial charge in [0.15, 0.2) is 11.5 Å². The number of benzene rings is 3. The van der Waals surface area contributed by atoms with Gasteiger partial charge in [0, 0.05) is 28.5 Å². The largest absolute Gasteiger partial charge is 0.493 e. The van der Waals surface area contributed by atoms with Gasteiger partial charge < -0.3 is 14.8 Å². The minimum absolute atomic E-state index is 0.0676. The summed E-state index contributed by atoms with van der Waals surface area (Å²) >= 11 is 6.14. The van der Waals surface area contributed by atoms with Crippen LogP contribution in [0.15, 0.2) is 72.8 Å². The van der Waals surface area contributed by atoms with Crippen molar-refractivity contribution in [1.29, 1.82) is 0 Å². The molecule has 0 radical (unpaired) electrons. The lowest BCUT2D eigenvalue weighted by atomic mass is 9.84. The van der Waals surface area contributed by atoms with Crippen molar-refractivity contribution in [3.8, 4) is 28.4 Å². The van der Waals surface area contributed by atoms with E-state index in [0.717, 1.165) is 28.1 Å². The molecule has 0 unspecified atom stereocenters. The summed E-state index contributed by atoms with van der Waals surface area (Å²) in [5.74, 6) is 1.64. The number of carbonyl (C=O) groups excluding carboxylic acids is 1. The van der Waals surface area contributed by atoms with Crippen molar-refractivity contribution < 1.29 is 14.3 Å². The molecule has 1 atom stereocenters. The normalized spacial score (nSPS) is 15.0. The second-order valence-electron chi connectivity index (χ2n) is 7.78. The van der Waals surface area contributed by atoms with E-state index in [2.05, 4.69) is 5.32 Å². The number of methoxy groups -OCH3 is 2. The summed E-state index contributed by atoms with van der Waals surface area (Å²) in [5, 5.41) is 8.66. The number of ether oxygens (including phenoxy) is 2. The van der Waals surface area contributed by atoms with Gasteiger partial charge in [-0.25, -0.2) is 4.68 Å². The Morgan fingerprint density at radius 2 is 1.70 bits per heavy atom. The smallest absolute Gasteiger partial charge is 0.226 e. The van der Waals surface area contributed by atoms with Crippen LogP contribution in [0.3, 0.4) is 0 Å². The van der Waals surface area contributed by atoms with Crippen LogP contribution < -0.4 is 14.8 Å². The van der Waals surface area contributed by atoms with E-state index >= 15 is 0 Å². The molecule has 0 saturated carbocycles. The van der Waals surface area contributed by atoms with Crippen molar-refractivity contribution in [2.75, 3.05) is 19.5 Å². The Labute approximate surface area is 196 Å². The number of amides is 1. The molecule has 33 heavy (non-hydrogen) atoms. The third-order valence-corrected chi connectivity index (χ3v) is 6.10. The zero-order chi connectivity index (χ0) is 22.9. The monoisotopic (exact) mass is 459 g/mol. The predicted molar refractivity (Wildman–Crippen MR) is 129 cm³/mol. The van der Waals surface area contributed by atoms with Crippen molar-refractivity contribution in [2.45, 2.75) is 12.3 Å². The Morgan fingerprint density at radius 1 is 0.970 bits per heavy atom. The molecule has 5 rings (SSSR count). The average molecular weight is 460 g/mol. The molecule has 4 aromatic rings. The van der Waals surface area contributed by atoms with Crippen molar-refractivity contribution in [3.05, 3.63) is 88.9 Å². The van der Waals surface area contributed by atoms with Crippen LogP contribution in [0, 0.1) is 0 Å². The number of hydrogen-bond donors (Lipinski definition) is 1. The highest BCUT2D eigenvalue weighted by Gasteiger charge is 2.34. The van der Waals surface area contributed by atoms with Gasteiger partial charge in [-0.3, -0.25) is 4.79 Å². The fraction of sp³-hybridized carbons (Fsp3) is 0.154. The highest BCUT2D eigenvalue weighted by molar-refractivity contribution is 6.30. The highest BCUT2D eigenvalue weighted by atomic mass is 35.5. The molecule has 166 valence electrons. The third kappa shape index (κ3) is 3.83. The first-order valence-corrected chi connectivity index (χ1v) is 10.9. The first kappa shape index (κ1) is 21.1. The van der Waals surface area contributed by atoms with Crippen LogP contribution in [0.5, 0.6) is 11.5 Å². The quantitative estimate of drug-likeness (QED) is 0.416. The molecule has 6 nitrogen and oxygen atoms in total. The predicted octanol–water partition coefficient (Wildman–Crippen LogP) is 5.68. The second kappa shape index (κ2) is 8.64. The first-order chi connectivity index (χ1) is 16.1. The number of aromatic nitrogens is 2. The van der Waals surface area contributed by atoms with Gasteiger partial charge in [0.25, 0.3) is 0 Å². The van der Waals surface area contributed by atoms with Gasteiger partial charge in [-0.1, -0.05) is 48.0 Å². The van der Waals surface area contributed by atoms with Gasteiger partial charge in [-0.15, -0.1) is 0 Å². The van der Waals surface area contributed by atoms with Gasteiger partial charge in [-0.2, -0.15) is 5.10 Å². The number of para-hydroxylation sites is 1. The lowest BCUT2D eigenvalue weighted by Crippen LogP contribution is -2.25. The summed E-state index contributed by atoms with van der Waals surface area (Å²) < 4.78 is 12.7. The summed E-state index contributed by atoms with van der Waals surface area (Å²) in [4.78, 5) is 12.8. The Hall–Kier alpha value is -3.77. The molecule has 0 spiro atoms. The zero-order valence-corrected chi connectivity index (χ0v) is 19.0. The molecule has 1 amide bonds. The fourth-order valence-corrected chi connectivity index (χ4v) is 4.41. The maximum Gasteiger partial charge on any atom is 0.226 e. The summed E-state index contributed by atoms with van der Waals surface area (Å²) in [6, 6.07) is 23.1. The number of rotatable bonds is 5. The number of hydrogen-bond acceptors (Lipinski definition) is 4. The van der Waals surface area contributed by atoms with Crippen LogP contribution in [-0.4, -0.2) is 29.9 Å². The van der Waals surface area contributed by atoms with E-state index in [1.54, 1.807) is 18.9 Å². The SMILES string of the molecule is COc1ccc([C@@H]2CC(=O)Nc3c2c(-c2ccc(Cl)cc2)nn3-c2ccccc2)cc1OC. The third-order valence-electron chi connectivity index (χ3n) is 5.85. The molecule has 0 fully saturated rings. The number of nitrogens with one attached hydrogen (secondary N) is 1. The Kier molecular flexibility index (Phi) is 5.52. The standard InChI is InChI=1S/C26H22ClN3O3/c1-32-21-13-10-17(14-22(21)33-2)20-15-23(31)28-26-24(20)25(16-8-11-18(27)12-9-16)29-30(26)19-6-4-3-5-7-19/h3-14,20H,15H2,1-2H3,(H,28,31)/t20-/m0/s1. The van der Waals surface area contributed by atoms with Crippen molar-refractivity contribution in [3.63, 3.8) is 0 Å². The summed E-state index contributed by atoms with van der Waals surface area (Å²) in [6.07, 6.45) is 0.295. The van der Waals surface area contributed by atoms with E-state index in [4.69, 9.17) is 26.2 Å². The fourth-order valence-electron chi connectivity index (χ4n) is 4.28. The van der Waals surface area contributed by atoms with E-state index in [1.165, 1.54) is 0 Å². The first-order valence-electron chi connectivity index (χ1n) is 10.5. The van der Waals surface area contributed by atoms with Gasteiger partial charge in [0.2, 0.25) is 5.91 Å². The zero-order valence-electron chi connectivity index (χ0n) is 18.2. The average Bonchev–Trinajstić information content (AvgIpc) is 3.23. The van der Waals surface area contributed by atoms with Crippen molar-refractivity contribution in [2.24, 2.45) is 0 Å². The Balaban J connectivity index is 1.75. The number of anilines is 1. The molecule has 0 saturated heterocycles. The Morgan fingerprint density at radius 3 is 2.39 bits per heavy atom. The molecule has 1 N–H and O–H groups in total. The van der Waals surface area contributed by atoms with Gasteiger partial charge in [-0.05, 0) is 42.0 Å². The van der Waals surface area contributed by atoms with Crippen LogP contribution >= 0.6 is 11.6 Å². The molecular formula is C26H22ClN3O3. The van der Waals surface area contributed by atoms with Gasteiger partial charge in [0.1, 0.15) is 5.82 Å². The van der Waals surface area contributed by atoms with E-state index in [-0.39, 0.29) is 11.8 Å². The van der Waals surface area contributed by atoms with Gasteiger partial charge >= 0.3 is 0 Å². The minimum atomic E-state index is -0.211. The van der Waals surface area contributed by atoms with E-state index in [9.17, 15) is 4.79 Å². The second-order valence-corrected chi connectivity index (χ2v) is 8.22. The highest BCUT2D eigenvalue weighted by Crippen LogP contribution is 2.45. The maximum absolute atomic E-state index is 12.8. The minimum Gasteiger partial charge on any atom is -0.493 e. The summed E-state index contributed by atoms with van der Waals surface area (Å²) in [7, 11) is 3.21. The van der Waals surface area contributed by atoms with E-state index < -0.39 is 0 Å². The Bertz CT molecular complexity index is 1320. The summed E-state index contributed by atoms with van der Waals surface area (Å²) in [5.41, 5.74) is 4.49. The molecule has 0 bridgehead atoms. The van der Waals surface area contributed by atoms with Crippen molar-refractivity contribution >= 4 is 23.3 Å². The molecule has 1 aliphatic heterocycles. The maximum atomic E-state index is 12.8. The number of carbonyl (C=O) groups is 1. The van der Waals surface area contributed by atoms with Crippen LogP contribution in [0.25, 0.3) is 16.9 Å². The van der Waals surface area contributed by atoms with Crippen molar-refractivity contribution in [1.82, 2.24) is 9.78 Å². The van der Waals surface area contributed by atoms with Crippen LogP contribution in [0.2, 0.25) is 5.02 Å². The molecule has 3 aromatic carbocycles. The lowest BCUT2D eigenvalue weighted by Gasteiger charge is -2.25. The molecule has 1 aliphatic rings. The lowest BCUT2D eigenvalue weighted by molar-refractivity contribution is -0.116. The topological polar surface area (TPSA) is 65.4 Å². The van der Waals surface area contributed by atoms with E-state index in [1.807, 2.05) is 72.8 Å².